The van der Waals surface area contributed by atoms with Crippen LogP contribution in [-0.4, -0.2) is 53.4 Å². The maximum absolute atomic E-state index is 7.05. The van der Waals surface area contributed by atoms with Gasteiger partial charge in [-0.25, -0.2) is 0 Å². The van der Waals surface area contributed by atoms with Crippen LogP contribution in [0.2, 0.25) is 36.3 Å². The average Bonchev–Trinajstić information content (AvgIpc) is 3.51. The first kappa shape index (κ1) is 24.6. The van der Waals surface area contributed by atoms with Crippen LogP contribution >= 0.6 is 0 Å². The first-order chi connectivity index (χ1) is 13.4. The van der Waals surface area contributed by atoms with Gasteiger partial charge in [-0.3, -0.25) is 0 Å². The third kappa shape index (κ3) is 5.72. The molecular weight excluding hydrogens is 378 g/mol. The molecule has 2 aliphatic rings. The lowest BCUT2D eigenvalue weighted by Crippen LogP contribution is -2.52. The summed E-state index contributed by atoms with van der Waals surface area (Å²) in [4.78, 5) is 2.70. The van der Waals surface area contributed by atoms with Crippen molar-refractivity contribution in [1.82, 2.24) is 4.90 Å². The minimum Gasteiger partial charge on any atom is -0.414 e. The number of hydrogen-bond acceptors (Lipinski definition) is 3. The van der Waals surface area contributed by atoms with E-state index >= 15 is 0 Å². The van der Waals surface area contributed by atoms with Crippen molar-refractivity contribution in [2.45, 2.75) is 123 Å². The molecule has 2 rings (SSSR count). The Labute approximate surface area is 178 Å². The summed E-state index contributed by atoms with van der Waals surface area (Å²) in [5, 5.41) is 0. The largest absolute Gasteiger partial charge is 0.414 e. The Morgan fingerprint density at radius 2 is 1.39 bits per heavy atom. The standard InChI is InChI=1S/C23H49NO2Si2/c1-8-27(9-2,10-3)25-21(7)14-18-24-19-17-23(15-16-23)22(20-24)26-28(11-4,12-5)13-6/h21-22H,8-20H2,1-7H3/t21-,22-/m1/s1. The zero-order chi connectivity index (χ0) is 20.8. The molecule has 3 nitrogen and oxygen atoms in total. The van der Waals surface area contributed by atoms with Gasteiger partial charge in [0.25, 0.3) is 0 Å². The summed E-state index contributed by atoms with van der Waals surface area (Å²) in [6.45, 7) is 20.0. The van der Waals surface area contributed by atoms with Crippen molar-refractivity contribution in [2.75, 3.05) is 19.6 Å². The fraction of sp³-hybridized carbons (Fsp3) is 1.00. The zero-order valence-corrected chi connectivity index (χ0v) is 22.1. The Kier molecular flexibility index (Phi) is 9.27. The van der Waals surface area contributed by atoms with Gasteiger partial charge in [-0.1, -0.05) is 41.5 Å². The number of piperidine rings is 1. The predicted molar refractivity (Wildman–Crippen MR) is 127 cm³/mol. The summed E-state index contributed by atoms with van der Waals surface area (Å²) in [5.41, 5.74) is 0.547. The summed E-state index contributed by atoms with van der Waals surface area (Å²) in [6, 6.07) is 7.58. The molecule has 0 amide bonds. The van der Waals surface area contributed by atoms with E-state index in [1.165, 1.54) is 81.6 Å². The number of nitrogens with zero attached hydrogens (tertiary/aromatic N) is 1. The van der Waals surface area contributed by atoms with Crippen molar-refractivity contribution in [3.05, 3.63) is 0 Å². The Hall–Kier alpha value is 0.314. The highest BCUT2D eigenvalue weighted by atomic mass is 28.4. The van der Waals surface area contributed by atoms with Crippen LogP contribution in [0, 0.1) is 5.41 Å². The Balaban J connectivity index is 1.90. The van der Waals surface area contributed by atoms with E-state index in [1.807, 2.05) is 0 Å². The van der Waals surface area contributed by atoms with Gasteiger partial charge in [0, 0.05) is 19.2 Å². The maximum Gasteiger partial charge on any atom is 0.192 e. The molecule has 2 atom stereocenters. The van der Waals surface area contributed by atoms with E-state index in [4.69, 9.17) is 8.85 Å². The van der Waals surface area contributed by atoms with Crippen LogP contribution in [0.3, 0.4) is 0 Å². The van der Waals surface area contributed by atoms with E-state index < -0.39 is 16.6 Å². The quantitative estimate of drug-likeness (QED) is 0.307. The number of likely N-dealkylation sites (tertiary alicyclic amines) is 1. The molecule has 0 radical (unpaired) electrons. The van der Waals surface area contributed by atoms with Crippen molar-refractivity contribution in [1.29, 1.82) is 0 Å². The minimum atomic E-state index is -1.52. The van der Waals surface area contributed by atoms with Crippen LogP contribution in [0.4, 0.5) is 0 Å². The summed E-state index contributed by atoms with van der Waals surface area (Å²) in [6.07, 6.45) is 6.24. The molecule has 28 heavy (non-hydrogen) atoms. The van der Waals surface area contributed by atoms with Crippen molar-refractivity contribution in [3.63, 3.8) is 0 Å². The molecule has 1 aliphatic carbocycles. The second-order valence-electron chi connectivity index (χ2n) is 9.72. The molecule has 1 spiro atoms. The van der Waals surface area contributed by atoms with Crippen LogP contribution in [0.1, 0.15) is 74.1 Å². The van der Waals surface area contributed by atoms with Gasteiger partial charge >= 0.3 is 0 Å². The fourth-order valence-electron chi connectivity index (χ4n) is 5.31. The topological polar surface area (TPSA) is 21.7 Å². The monoisotopic (exact) mass is 427 g/mol. The van der Waals surface area contributed by atoms with Gasteiger partial charge in [-0.15, -0.1) is 0 Å². The lowest BCUT2D eigenvalue weighted by Gasteiger charge is -2.44. The van der Waals surface area contributed by atoms with E-state index in [2.05, 4.69) is 53.4 Å². The number of hydrogen-bond donors (Lipinski definition) is 0. The van der Waals surface area contributed by atoms with E-state index in [0.29, 0.717) is 17.6 Å². The molecule has 5 heteroatoms. The maximum atomic E-state index is 7.05. The SMILES string of the molecule is CC[Si](CC)(CC)O[C@H](C)CCN1CCC2(CC2)[C@H](O[Si](CC)(CC)CC)C1. The third-order valence-corrected chi connectivity index (χ3v) is 17.9. The van der Waals surface area contributed by atoms with Gasteiger partial charge in [0.1, 0.15) is 0 Å². The molecule has 1 saturated carbocycles. The van der Waals surface area contributed by atoms with E-state index in [-0.39, 0.29) is 0 Å². The molecule has 0 aromatic rings. The first-order valence-electron chi connectivity index (χ1n) is 12.4. The Morgan fingerprint density at radius 1 is 0.857 bits per heavy atom. The van der Waals surface area contributed by atoms with Crippen LogP contribution in [0.5, 0.6) is 0 Å². The molecule has 1 aliphatic heterocycles. The highest BCUT2D eigenvalue weighted by molar-refractivity contribution is 6.74. The second-order valence-corrected chi connectivity index (χ2v) is 19.2. The van der Waals surface area contributed by atoms with Crippen LogP contribution < -0.4 is 0 Å². The number of rotatable bonds is 13. The molecule has 0 aromatic heterocycles. The van der Waals surface area contributed by atoms with Crippen molar-refractivity contribution in [2.24, 2.45) is 5.41 Å². The van der Waals surface area contributed by atoms with Crippen molar-refractivity contribution < 1.29 is 8.85 Å². The summed E-state index contributed by atoms with van der Waals surface area (Å²) in [7, 11) is -3.00. The summed E-state index contributed by atoms with van der Waals surface area (Å²) in [5.74, 6) is 0. The van der Waals surface area contributed by atoms with Gasteiger partial charge in [-0.2, -0.15) is 0 Å². The van der Waals surface area contributed by atoms with Crippen LogP contribution in [-0.2, 0) is 8.85 Å². The fourth-order valence-corrected chi connectivity index (χ4v) is 11.2. The van der Waals surface area contributed by atoms with Gasteiger partial charge in [0.05, 0.1) is 6.10 Å². The minimum absolute atomic E-state index is 0.401. The third-order valence-electron chi connectivity index (χ3n) is 8.49. The lowest BCUT2D eigenvalue weighted by atomic mass is 9.90. The zero-order valence-electron chi connectivity index (χ0n) is 20.1. The molecule has 1 heterocycles. The molecule has 0 unspecified atom stereocenters. The highest BCUT2D eigenvalue weighted by Crippen LogP contribution is 2.55. The highest BCUT2D eigenvalue weighted by Gasteiger charge is 2.54. The lowest BCUT2D eigenvalue weighted by molar-refractivity contribution is 0.0142. The van der Waals surface area contributed by atoms with E-state index in [1.54, 1.807) is 0 Å². The molecule has 0 N–H and O–H groups in total. The molecule has 1 saturated heterocycles. The first-order valence-corrected chi connectivity index (χ1v) is 17.5. The Morgan fingerprint density at radius 3 is 1.86 bits per heavy atom. The van der Waals surface area contributed by atoms with Crippen molar-refractivity contribution in [3.8, 4) is 0 Å². The smallest absolute Gasteiger partial charge is 0.192 e. The van der Waals surface area contributed by atoms with Crippen LogP contribution in [0.15, 0.2) is 0 Å². The van der Waals surface area contributed by atoms with Gasteiger partial charge < -0.3 is 13.8 Å². The van der Waals surface area contributed by atoms with E-state index in [9.17, 15) is 0 Å². The molecule has 2 fully saturated rings. The second kappa shape index (κ2) is 10.6. The van der Waals surface area contributed by atoms with Gasteiger partial charge in [0.15, 0.2) is 16.6 Å². The van der Waals surface area contributed by atoms with Crippen molar-refractivity contribution >= 4 is 16.6 Å². The van der Waals surface area contributed by atoms with Crippen LogP contribution in [0.25, 0.3) is 0 Å². The molecular formula is C23H49NO2Si2. The summed E-state index contributed by atoms with van der Waals surface area (Å²) < 4.78 is 13.7. The van der Waals surface area contributed by atoms with Gasteiger partial charge in [-0.05, 0) is 80.8 Å². The Bertz CT molecular complexity index is 445. The van der Waals surface area contributed by atoms with Gasteiger partial charge in [0.2, 0.25) is 0 Å². The molecule has 166 valence electrons. The average molecular weight is 428 g/mol. The van der Waals surface area contributed by atoms with E-state index in [0.717, 1.165) is 0 Å². The molecule has 0 aromatic carbocycles. The predicted octanol–water partition coefficient (Wildman–Crippen LogP) is 6.66. The summed E-state index contributed by atoms with van der Waals surface area (Å²) >= 11 is 0. The normalized spacial score (nSPS) is 23.9. The molecule has 0 bridgehead atoms.